The Morgan fingerprint density at radius 2 is 1.76 bits per heavy atom. The lowest BCUT2D eigenvalue weighted by molar-refractivity contribution is -0.122. The molecule has 7 heteroatoms. The molecule has 2 amide bonds. The summed E-state index contributed by atoms with van der Waals surface area (Å²) in [5, 5.41) is 5.87. The van der Waals surface area contributed by atoms with Gasteiger partial charge in [-0.15, -0.1) is 0 Å². The molecule has 4 rings (SSSR count). The highest BCUT2D eigenvalue weighted by Gasteiger charge is 2.32. The average Bonchev–Trinajstić information content (AvgIpc) is 3.34. The van der Waals surface area contributed by atoms with Crippen molar-refractivity contribution in [2.24, 2.45) is 4.99 Å². The monoisotopic (exact) mass is 409 g/mol. The molecule has 1 aliphatic heterocycles. The fraction of sp³-hybridized carbons (Fsp3) is 0.318. The van der Waals surface area contributed by atoms with Gasteiger partial charge >= 0.3 is 0 Å². The number of amidine groups is 1. The van der Waals surface area contributed by atoms with E-state index in [-0.39, 0.29) is 18.2 Å². The van der Waals surface area contributed by atoms with E-state index in [2.05, 4.69) is 15.6 Å². The number of nitrogens with zero attached hydrogens (tertiary/aromatic N) is 1. The number of hydrogen-bond acceptors (Lipinski definition) is 5. The minimum atomic E-state index is -0.434. The molecule has 0 bridgehead atoms. The van der Waals surface area contributed by atoms with Crippen LogP contribution >= 0.6 is 11.8 Å². The Morgan fingerprint density at radius 1 is 1.07 bits per heavy atom. The van der Waals surface area contributed by atoms with Crippen LogP contribution in [0.2, 0.25) is 0 Å². The van der Waals surface area contributed by atoms with Gasteiger partial charge in [0.25, 0.3) is 0 Å². The maximum Gasteiger partial charge on any atom is 0.240 e. The van der Waals surface area contributed by atoms with E-state index >= 15 is 0 Å². The third-order valence-electron chi connectivity index (χ3n) is 4.89. The number of ether oxygens (including phenoxy) is 1. The number of aliphatic imine (C=N–C) groups is 1. The lowest BCUT2D eigenvalue weighted by Gasteiger charge is -2.09. The maximum absolute atomic E-state index is 12.4. The predicted molar refractivity (Wildman–Crippen MR) is 115 cm³/mol. The molecule has 1 heterocycles. The molecule has 2 N–H and O–H groups in total. The van der Waals surface area contributed by atoms with Gasteiger partial charge in [-0.25, -0.2) is 0 Å². The van der Waals surface area contributed by atoms with Gasteiger partial charge in [-0.2, -0.15) is 0 Å². The quantitative estimate of drug-likeness (QED) is 0.744. The first-order valence-electron chi connectivity index (χ1n) is 9.84. The summed E-state index contributed by atoms with van der Waals surface area (Å²) < 4.78 is 5.74. The smallest absolute Gasteiger partial charge is 0.240 e. The second-order valence-electron chi connectivity index (χ2n) is 7.16. The number of nitrogens with one attached hydrogen (secondary N) is 2. The van der Waals surface area contributed by atoms with Gasteiger partial charge in [0, 0.05) is 12.1 Å². The van der Waals surface area contributed by atoms with Gasteiger partial charge in [-0.1, -0.05) is 42.8 Å². The van der Waals surface area contributed by atoms with Crippen molar-refractivity contribution in [2.75, 3.05) is 5.32 Å². The molecule has 29 heavy (non-hydrogen) atoms. The van der Waals surface area contributed by atoms with E-state index < -0.39 is 5.25 Å². The second kappa shape index (κ2) is 9.13. The summed E-state index contributed by atoms with van der Waals surface area (Å²) >= 11 is 1.36. The van der Waals surface area contributed by atoms with E-state index in [1.165, 1.54) is 24.6 Å². The van der Waals surface area contributed by atoms with E-state index in [1.807, 2.05) is 30.3 Å². The number of anilines is 1. The average molecular weight is 410 g/mol. The van der Waals surface area contributed by atoms with Crippen molar-refractivity contribution in [1.82, 2.24) is 5.32 Å². The van der Waals surface area contributed by atoms with Crippen LogP contribution in [0.25, 0.3) is 0 Å². The molecule has 0 spiro atoms. The molecule has 150 valence electrons. The largest absolute Gasteiger partial charge is 0.457 e. The summed E-state index contributed by atoms with van der Waals surface area (Å²) in [4.78, 5) is 29.1. The summed E-state index contributed by atoms with van der Waals surface area (Å²) in [6.07, 6.45) is 4.66. The summed E-state index contributed by atoms with van der Waals surface area (Å²) in [6.45, 7) is 0. The van der Waals surface area contributed by atoms with Crippen LogP contribution in [-0.4, -0.2) is 28.3 Å². The highest BCUT2D eigenvalue weighted by molar-refractivity contribution is 8.15. The number of para-hydroxylation sites is 1. The van der Waals surface area contributed by atoms with Crippen molar-refractivity contribution in [2.45, 2.75) is 43.4 Å². The van der Waals surface area contributed by atoms with Crippen LogP contribution in [-0.2, 0) is 9.59 Å². The SMILES string of the molecule is O=C(C[C@@H]1SC(=NC2CCCC2)NC1=O)Nc1ccc(Oc2ccccc2)cc1. The van der Waals surface area contributed by atoms with Crippen molar-refractivity contribution in [3.63, 3.8) is 0 Å². The highest BCUT2D eigenvalue weighted by atomic mass is 32.2. The van der Waals surface area contributed by atoms with Crippen LogP contribution in [0.4, 0.5) is 5.69 Å². The Bertz CT molecular complexity index is 893. The number of carbonyl (C=O) groups excluding carboxylic acids is 2. The Hall–Kier alpha value is -2.80. The Labute approximate surface area is 174 Å². The van der Waals surface area contributed by atoms with Crippen LogP contribution in [0, 0.1) is 0 Å². The molecule has 2 aromatic rings. The molecule has 0 radical (unpaired) electrons. The van der Waals surface area contributed by atoms with Crippen LogP contribution in [0.3, 0.4) is 0 Å². The van der Waals surface area contributed by atoms with Gasteiger partial charge in [0.15, 0.2) is 5.17 Å². The van der Waals surface area contributed by atoms with E-state index in [0.717, 1.165) is 18.6 Å². The summed E-state index contributed by atoms with van der Waals surface area (Å²) in [7, 11) is 0. The van der Waals surface area contributed by atoms with Crippen molar-refractivity contribution < 1.29 is 14.3 Å². The molecule has 1 saturated carbocycles. The van der Waals surface area contributed by atoms with Gasteiger partial charge in [0.2, 0.25) is 11.8 Å². The molecular weight excluding hydrogens is 386 g/mol. The van der Waals surface area contributed by atoms with E-state index in [1.54, 1.807) is 24.3 Å². The Balaban J connectivity index is 1.28. The summed E-state index contributed by atoms with van der Waals surface area (Å²) in [5.41, 5.74) is 0.665. The first kappa shape index (κ1) is 19.5. The van der Waals surface area contributed by atoms with Crippen molar-refractivity contribution in [1.29, 1.82) is 0 Å². The zero-order valence-electron chi connectivity index (χ0n) is 16.0. The van der Waals surface area contributed by atoms with Gasteiger partial charge in [0.05, 0.1) is 6.04 Å². The topological polar surface area (TPSA) is 79.8 Å². The summed E-state index contributed by atoms with van der Waals surface area (Å²) in [5.74, 6) is 1.10. The molecule has 1 saturated heterocycles. The highest BCUT2D eigenvalue weighted by Crippen LogP contribution is 2.27. The van der Waals surface area contributed by atoms with Crippen LogP contribution in [0.15, 0.2) is 59.6 Å². The zero-order valence-corrected chi connectivity index (χ0v) is 16.8. The lowest BCUT2D eigenvalue weighted by Crippen LogP contribution is -2.28. The lowest BCUT2D eigenvalue weighted by atomic mass is 10.2. The first-order valence-corrected chi connectivity index (χ1v) is 10.7. The minimum absolute atomic E-state index is 0.114. The molecule has 1 aliphatic carbocycles. The van der Waals surface area contributed by atoms with Crippen molar-refractivity contribution >= 4 is 34.4 Å². The zero-order chi connectivity index (χ0) is 20.1. The molecule has 6 nitrogen and oxygen atoms in total. The third-order valence-corrected chi connectivity index (χ3v) is 5.98. The van der Waals surface area contributed by atoms with Gasteiger partial charge in [0.1, 0.15) is 16.7 Å². The van der Waals surface area contributed by atoms with Crippen LogP contribution in [0.1, 0.15) is 32.1 Å². The molecule has 2 aromatic carbocycles. The fourth-order valence-electron chi connectivity index (χ4n) is 3.41. The van der Waals surface area contributed by atoms with E-state index in [9.17, 15) is 9.59 Å². The molecule has 2 aliphatic rings. The number of benzene rings is 2. The Kier molecular flexibility index (Phi) is 6.14. The van der Waals surface area contributed by atoms with Gasteiger partial charge in [-0.3, -0.25) is 14.6 Å². The second-order valence-corrected chi connectivity index (χ2v) is 8.35. The fourth-order valence-corrected chi connectivity index (χ4v) is 4.45. The molecule has 1 atom stereocenters. The molecule has 0 aromatic heterocycles. The first-order chi connectivity index (χ1) is 14.2. The number of amides is 2. The van der Waals surface area contributed by atoms with E-state index in [4.69, 9.17) is 4.74 Å². The van der Waals surface area contributed by atoms with Crippen molar-refractivity contribution in [3.8, 4) is 11.5 Å². The number of hydrogen-bond donors (Lipinski definition) is 2. The van der Waals surface area contributed by atoms with Gasteiger partial charge in [-0.05, 0) is 49.2 Å². The number of carbonyl (C=O) groups is 2. The number of thioether (sulfide) groups is 1. The van der Waals surface area contributed by atoms with Crippen LogP contribution < -0.4 is 15.4 Å². The Morgan fingerprint density at radius 3 is 2.48 bits per heavy atom. The minimum Gasteiger partial charge on any atom is -0.457 e. The van der Waals surface area contributed by atoms with Crippen LogP contribution in [0.5, 0.6) is 11.5 Å². The normalized spacial score (nSPS) is 20.6. The maximum atomic E-state index is 12.4. The molecule has 2 fully saturated rings. The summed E-state index contributed by atoms with van der Waals surface area (Å²) in [6, 6.07) is 17.0. The number of rotatable bonds is 6. The predicted octanol–water partition coefficient (Wildman–Crippen LogP) is 4.34. The third kappa shape index (κ3) is 5.38. The van der Waals surface area contributed by atoms with Crippen molar-refractivity contribution in [3.05, 3.63) is 54.6 Å². The van der Waals surface area contributed by atoms with E-state index in [0.29, 0.717) is 22.6 Å². The van der Waals surface area contributed by atoms with Gasteiger partial charge < -0.3 is 15.4 Å². The molecule has 0 unspecified atom stereocenters. The molecular formula is C22H23N3O3S. The standard InChI is InChI=1S/C22H23N3O3S/c26-20(14-19-21(27)25-22(29-19)24-15-6-4-5-7-15)23-16-10-12-18(13-11-16)28-17-8-2-1-3-9-17/h1-3,8-13,15,19H,4-7,14H2,(H,23,26)(H,24,25,27)/t19-/m0/s1.